The van der Waals surface area contributed by atoms with E-state index in [9.17, 15) is 0 Å². The quantitative estimate of drug-likeness (QED) is 0.633. The summed E-state index contributed by atoms with van der Waals surface area (Å²) in [6.45, 7) is 4.50. The maximum absolute atomic E-state index is 6.01. The molecular formula is C17H17BrClNO2. The van der Waals surface area contributed by atoms with E-state index in [1.54, 1.807) is 13.3 Å². The number of halogens is 2. The molecule has 0 amide bonds. The van der Waals surface area contributed by atoms with E-state index in [2.05, 4.69) is 20.9 Å². The van der Waals surface area contributed by atoms with Crippen molar-refractivity contribution in [2.24, 2.45) is 4.99 Å². The second-order valence-corrected chi connectivity index (χ2v) is 5.95. The van der Waals surface area contributed by atoms with Crippen LogP contribution in [-0.4, -0.2) is 19.9 Å². The topological polar surface area (TPSA) is 30.8 Å². The number of hydrogen-bond donors (Lipinski definition) is 0. The van der Waals surface area contributed by atoms with E-state index in [0.29, 0.717) is 23.1 Å². The molecule has 0 N–H and O–H groups in total. The van der Waals surface area contributed by atoms with Crippen LogP contribution in [0.2, 0.25) is 5.02 Å². The molecule has 116 valence electrons. The van der Waals surface area contributed by atoms with Gasteiger partial charge in [0.25, 0.3) is 0 Å². The summed E-state index contributed by atoms with van der Waals surface area (Å²) in [4.78, 5) is 4.50. The van der Waals surface area contributed by atoms with Crippen LogP contribution in [0.4, 0.5) is 5.69 Å². The number of aryl methyl sites for hydroxylation is 1. The predicted molar refractivity (Wildman–Crippen MR) is 95.3 cm³/mol. The molecule has 0 saturated carbocycles. The average molecular weight is 383 g/mol. The standard InChI is InChI=1S/C17H17BrClNO2/c1-4-22-17-14(18)7-12(8-16(17)21-3)10-20-15-9-13(19)6-5-11(15)2/h5-10H,4H2,1-3H3. The Bertz CT molecular complexity index is 701. The molecule has 0 saturated heterocycles. The molecule has 0 aliphatic rings. The molecule has 2 aromatic rings. The van der Waals surface area contributed by atoms with E-state index in [0.717, 1.165) is 21.3 Å². The lowest BCUT2D eigenvalue weighted by Crippen LogP contribution is -1.97. The van der Waals surface area contributed by atoms with Gasteiger partial charge in [-0.3, -0.25) is 4.99 Å². The molecular weight excluding hydrogens is 366 g/mol. The second kappa shape index (κ2) is 7.65. The van der Waals surface area contributed by atoms with Gasteiger partial charge in [-0.25, -0.2) is 0 Å². The van der Waals surface area contributed by atoms with Gasteiger partial charge in [0.15, 0.2) is 11.5 Å². The van der Waals surface area contributed by atoms with Crippen molar-refractivity contribution < 1.29 is 9.47 Å². The van der Waals surface area contributed by atoms with E-state index >= 15 is 0 Å². The molecule has 0 aliphatic carbocycles. The Labute approximate surface area is 144 Å². The van der Waals surface area contributed by atoms with Gasteiger partial charge in [0.05, 0.1) is 23.9 Å². The maximum atomic E-state index is 6.01. The van der Waals surface area contributed by atoms with Gasteiger partial charge in [-0.2, -0.15) is 0 Å². The number of rotatable bonds is 5. The van der Waals surface area contributed by atoms with E-state index in [-0.39, 0.29) is 0 Å². The lowest BCUT2D eigenvalue weighted by Gasteiger charge is -2.12. The van der Waals surface area contributed by atoms with Crippen molar-refractivity contribution in [3.63, 3.8) is 0 Å². The third kappa shape index (κ3) is 4.02. The predicted octanol–water partition coefficient (Wildman–Crippen LogP) is 5.57. The monoisotopic (exact) mass is 381 g/mol. The van der Waals surface area contributed by atoms with E-state index < -0.39 is 0 Å². The molecule has 3 nitrogen and oxygen atoms in total. The van der Waals surface area contributed by atoms with Crippen molar-refractivity contribution in [2.75, 3.05) is 13.7 Å². The Balaban J connectivity index is 2.35. The van der Waals surface area contributed by atoms with Crippen molar-refractivity contribution in [1.29, 1.82) is 0 Å². The van der Waals surface area contributed by atoms with Crippen LogP contribution < -0.4 is 9.47 Å². The van der Waals surface area contributed by atoms with Crippen molar-refractivity contribution in [3.05, 3.63) is 51.0 Å². The van der Waals surface area contributed by atoms with Crippen LogP contribution in [-0.2, 0) is 0 Å². The van der Waals surface area contributed by atoms with Crippen LogP contribution in [0.3, 0.4) is 0 Å². The van der Waals surface area contributed by atoms with Crippen molar-refractivity contribution >= 4 is 39.4 Å². The molecule has 22 heavy (non-hydrogen) atoms. The summed E-state index contributed by atoms with van der Waals surface area (Å²) in [5.74, 6) is 1.36. The van der Waals surface area contributed by atoms with Crippen molar-refractivity contribution in [3.8, 4) is 11.5 Å². The summed E-state index contributed by atoms with van der Waals surface area (Å²) < 4.78 is 11.8. The lowest BCUT2D eigenvalue weighted by molar-refractivity contribution is 0.309. The zero-order valence-corrected chi connectivity index (χ0v) is 15.0. The van der Waals surface area contributed by atoms with Crippen LogP contribution >= 0.6 is 27.5 Å². The zero-order chi connectivity index (χ0) is 16.1. The number of aliphatic imine (C=N–C) groups is 1. The van der Waals surface area contributed by atoms with Crippen LogP contribution in [0.15, 0.2) is 39.8 Å². The SMILES string of the molecule is CCOc1c(Br)cc(C=Nc2cc(Cl)ccc2C)cc1OC. The molecule has 0 fully saturated rings. The van der Waals surface area contributed by atoms with Gasteiger partial charge in [-0.1, -0.05) is 17.7 Å². The number of benzene rings is 2. The highest BCUT2D eigenvalue weighted by Crippen LogP contribution is 2.36. The van der Waals surface area contributed by atoms with Gasteiger partial charge < -0.3 is 9.47 Å². The van der Waals surface area contributed by atoms with Crippen molar-refractivity contribution in [2.45, 2.75) is 13.8 Å². The third-order valence-electron chi connectivity index (χ3n) is 3.06. The van der Waals surface area contributed by atoms with Crippen molar-refractivity contribution in [1.82, 2.24) is 0 Å². The van der Waals surface area contributed by atoms with E-state index in [4.69, 9.17) is 21.1 Å². The molecule has 0 atom stereocenters. The molecule has 2 rings (SSSR count). The summed E-state index contributed by atoms with van der Waals surface area (Å²) in [6.07, 6.45) is 1.78. The Kier molecular flexibility index (Phi) is 5.86. The minimum atomic E-state index is 0.574. The molecule has 0 aromatic heterocycles. The van der Waals surface area contributed by atoms with E-state index in [1.807, 2.05) is 44.2 Å². The Hall–Kier alpha value is -1.52. The first-order chi connectivity index (χ1) is 10.5. The zero-order valence-electron chi connectivity index (χ0n) is 12.7. The maximum Gasteiger partial charge on any atom is 0.175 e. The molecule has 5 heteroatoms. The number of hydrogen-bond acceptors (Lipinski definition) is 3. The fourth-order valence-corrected chi connectivity index (χ4v) is 2.70. The minimum Gasteiger partial charge on any atom is -0.493 e. The highest BCUT2D eigenvalue weighted by molar-refractivity contribution is 9.10. The Morgan fingerprint density at radius 1 is 1.27 bits per heavy atom. The molecule has 0 bridgehead atoms. The van der Waals surface area contributed by atoms with Gasteiger partial charge in [0.1, 0.15) is 0 Å². The molecule has 2 aromatic carbocycles. The highest BCUT2D eigenvalue weighted by atomic mass is 79.9. The fourth-order valence-electron chi connectivity index (χ4n) is 1.96. The van der Waals surface area contributed by atoms with Gasteiger partial charge in [0.2, 0.25) is 0 Å². The summed E-state index contributed by atoms with van der Waals surface area (Å²) in [7, 11) is 1.62. The van der Waals surface area contributed by atoms with Gasteiger partial charge >= 0.3 is 0 Å². The number of methoxy groups -OCH3 is 1. The first-order valence-corrected chi connectivity index (χ1v) is 8.02. The number of ether oxygens (including phenoxy) is 2. The highest BCUT2D eigenvalue weighted by Gasteiger charge is 2.10. The van der Waals surface area contributed by atoms with Crippen LogP contribution in [0.1, 0.15) is 18.1 Å². The first-order valence-electron chi connectivity index (χ1n) is 6.85. The van der Waals surface area contributed by atoms with Gasteiger partial charge in [0, 0.05) is 11.2 Å². The largest absolute Gasteiger partial charge is 0.493 e. The minimum absolute atomic E-state index is 0.574. The van der Waals surface area contributed by atoms with Gasteiger partial charge in [-0.05, 0) is 65.2 Å². The number of nitrogens with zero attached hydrogens (tertiary/aromatic N) is 1. The summed E-state index contributed by atoms with van der Waals surface area (Å²) in [5, 5.41) is 0.670. The Morgan fingerprint density at radius 2 is 2.05 bits per heavy atom. The average Bonchev–Trinajstić information content (AvgIpc) is 2.50. The third-order valence-corrected chi connectivity index (χ3v) is 3.89. The van der Waals surface area contributed by atoms with Crippen LogP contribution in [0.5, 0.6) is 11.5 Å². The molecule has 0 unspecified atom stereocenters. The lowest BCUT2D eigenvalue weighted by atomic mass is 10.2. The van der Waals surface area contributed by atoms with Gasteiger partial charge in [-0.15, -0.1) is 0 Å². The van der Waals surface area contributed by atoms with Crippen LogP contribution in [0, 0.1) is 6.92 Å². The van der Waals surface area contributed by atoms with E-state index in [1.165, 1.54) is 0 Å². The first kappa shape index (κ1) is 16.8. The summed E-state index contributed by atoms with van der Waals surface area (Å²) in [6, 6.07) is 9.47. The van der Waals surface area contributed by atoms with Crippen LogP contribution in [0.25, 0.3) is 0 Å². The fraction of sp³-hybridized carbons (Fsp3) is 0.235. The molecule has 0 spiro atoms. The molecule has 0 radical (unpaired) electrons. The normalized spacial score (nSPS) is 11.0. The summed E-state index contributed by atoms with van der Waals surface area (Å²) in [5.41, 5.74) is 2.82. The second-order valence-electron chi connectivity index (χ2n) is 4.66. The molecule has 0 aliphatic heterocycles. The summed E-state index contributed by atoms with van der Waals surface area (Å²) >= 11 is 9.51. The smallest absolute Gasteiger partial charge is 0.175 e. The Morgan fingerprint density at radius 3 is 2.73 bits per heavy atom. The molecule has 0 heterocycles.